The average molecular weight is 413 g/mol. The summed E-state index contributed by atoms with van der Waals surface area (Å²) >= 11 is 14.9. The molecule has 3 aromatic rings. The van der Waals surface area contributed by atoms with Gasteiger partial charge < -0.3 is 9.88 Å². The summed E-state index contributed by atoms with van der Waals surface area (Å²) in [5.41, 5.74) is 1.48. The normalized spacial score (nSPS) is 12.2. The predicted molar refractivity (Wildman–Crippen MR) is 105 cm³/mol. The van der Waals surface area contributed by atoms with Crippen LogP contribution in [0.2, 0.25) is 10.0 Å². The summed E-state index contributed by atoms with van der Waals surface area (Å²) in [6.07, 6.45) is 3.55. The number of carbonyl (C=O) groups excluding carboxylic acids is 1. The molecule has 0 aliphatic rings. The monoisotopic (exact) mass is 412 g/mol. The number of thioether (sulfide) groups is 1. The van der Waals surface area contributed by atoms with E-state index in [0.717, 1.165) is 10.7 Å². The zero-order chi connectivity index (χ0) is 18.0. The van der Waals surface area contributed by atoms with Gasteiger partial charge in [0.25, 0.3) is 0 Å². The fourth-order valence-electron chi connectivity index (χ4n) is 2.04. The number of carbonyl (C=O) groups is 1. The zero-order valence-electron chi connectivity index (χ0n) is 13.4. The van der Waals surface area contributed by atoms with Gasteiger partial charge in [-0.15, -0.1) is 11.3 Å². The molecule has 130 valence electrons. The van der Waals surface area contributed by atoms with Crippen molar-refractivity contribution in [2.45, 2.75) is 17.3 Å². The second-order valence-corrected chi connectivity index (χ2v) is 8.24. The first-order valence-corrected chi connectivity index (χ1v) is 9.81. The van der Waals surface area contributed by atoms with Gasteiger partial charge in [0.2, 0.25) is 5.91 Å². The van der Waals surface area contributed by atoms with Gasteiger partial charge in [0.05, 0.1) is 16.0 Å². The molecular weight excluding hydrogens is 399 g/mol. The number of imidazole rings is 1. The summed E-state index contributed by atoms with van der Waals surface area (Å²) in [5.74, 6) is -0.129. The SMILES string of the molecule is CC(Sc1nccn1C)C(=O)Nc1nc(-c2ccc(Cl)cc2Cl)cs1. The van der Waals surface area contributed by atoms with Crippen molar-refractivity contribution < 1.29 is 4.79 Å². The predicted octanol–water partition coefficient (Wildman–Crippen LogP) is 4.97. The van der Waals surface area contributed by atoms with Crippen LogP contribution in [0.25, 0.3) is 11.3 Å². The minimum absolute atomic E-state index is 0.129. The molecule has 5 nitrogen and oxygen atoms in total. The molecule has 1 amide bonds. The highest BCUT2D eigenvalue weighted by Crippen LogP contribution is 2.32. The maximum Gasteiger partial charge on any atom is 0.239 e. The number of anilines is 1. The molecule has 9 heteroatoms. The number of nitrogens with zero attached hydrogens (tertiary/aromatic N) is 3. The molecule has 0 spiro atoms. The van der Waals surface area contributed by atoms with Crippen LogP contribution in [-0.4, -0.2) is 25.7 Å². The van der Waals surface area contributed by atoms with Gasteiger partial charge in [-0.3, -0.25) is 4.79 Å². The summed E-state index contributed by atoms with van der Waals surface area (Å²) in [7, 11) is 1.89. The van der Waals surface area contributed by atoms with Gasteiger partial charge in [0, 0.05) is 35.4 Å². The van der Waals surface area contributed by atoms with E-state index < -0.39 is 0 Å². The Hall–Kier alpha value is -1.54. The largest absolute Gasteiger partial charge is 0.329 e. The molecule has 0 fully saturated rings. The number of benzene rings is 1. The summed E-state index contributed by atoms with van der Waals surface area (Å²) < 4.78 is 1.87. The van der Waals surface area contributed by atoms with E-state index in [2.05, 4.69) is 15.3 Å². The topological polar surface area (TPSA) is 59.8 Å². The average Bonchev–Trinajstić information content (AvgIpc) is 3.17. The summed E-state index contributed by atoms with van der Waals surface area (Å²) in [4.78, 5) is 21.0. The number of halogens is 2. The number of hydrogen-bond donors (Lipinski definition) is 1. The molecule has 0 radical (unpaired) electrons. The van der Waals surface area contributed by atoms with Crippen LogP contribution < -0.4 is 5.32 Å². The van der Waals surface area contributed by atoms with E-state index in [9.17, 15) is 4.79 Å². The fourth-order valence-corrected chi connectivity index (χ4v) is 4.09. The third-order valence-electron chi connectivity index (χ3n) is 3.37. The molecule has 0 saturated heterocycles. The molecule has 0 bridgehead atoms. The summed E-state index contributed by atoms with van der Waals surface area (Å²) in [6.45, 7) is 1.83. The van der Waals surface area contributed by atoms with E-state index in [0.29, 0.717) is 20.9 Å². The Morgan fingerprint density at radius 2 is 2.20 bits per heavy atom. The number of aromatic nitrogens is 3. The van der Waals surface area contributed by atoms with E-state index in [1.54, 1.807) is 18.3 Å². The Kier molecular flexibility index (Phi) is 5.68. The van der Waals surface area contributed by atoms with Crippen LogP contribution >= 0.6 is 46.3 Å². The number of thiazole rings is 1. The lowest BCUT2D eigenvalue weighted by molar-refractivity contribution is -0.115. The molecule has 0 aliphatic carbocycles. The molecule has 2 aromatic heterocycles. The Bertz CT molecular complexity index is 909. The zero-order valence-corrected chi connectivity index (χ0v) is 16.5. The van der Waals surface area contributed by atoms with Crippen LogP contribution in [-0.2, 0) is 11.8 Å². The molecule has 25 heavy (non-hydrogen) atoms. The van der Waals surface area contributed by atoms with Crippen molar-refractivity contribution in [3.05, 3.63) is 46.0 Å². The van der Waals surface area contributed by atoms with Gasteiger partial charge in [-0.05, 0) is 25.1 Å². The van der Waals surface area contributed by atoms with Gasteiger partial charge in [-0.25, -0.2) is 9.97 Å². The molecule has 1 atom stereocenters. The molecule has 0 aliphatic heterocycles. The minimum atomic E-state index is -0.299. The van der Waals surface area contributed by atoms with Crippen LogP contribution in [0, 0.1) is 0 Å². The third kappa shape index (κ3) is 4.36. The highest BCUT2D eigenvalue weighted by molar-refractivity contribution is 8.00. The number of aryl methyl sites for hydroxylation is 1. The highest BCUT2D eigenvalue weighted by atomic mass is 35.5. The van der Waals surface area contributed by atoms with E-state index in [1.807, 2.05) is 36.2 Å². The van der Waals surface area contributed by atoms with Gasteiger partial charge in [-0.1, -0.05) is 35.0 Å². The van der Waals surface area contributed by atoms with Crippen molar-refractivity contribution in [3.63, 3.8) is 0 Å². The molecule has 3 rings (SSSR count). The third-order valence-corrected chi connectivity index (χ3v) is 5.85. The maximum absolute atomic E-state index is 12.4. The van der Waals surface area contributed by atoms with E-state index in [4.69, 9.17) is 23.2 Å². The molecule has 1 unspecified atom stereocenters. The molecular formula is C16H14Cl2N4OS2. The van der Waals surface area contributed by atoms with Crippen LogP contribution in [0.15, 0.2) is 41.1 Å². The van der Waals surface area contributed by atoms with Crippen molar-refractivity contribution in [1.82, 2.24) is 14.5 Å². The first-order chi connectivity index (χ1) is 11.9. The summed E-state index contributed by atoms with van der Waals surface area (Å²) in [6, 6.07) is 5.23. The van der Waals surface area contributed by atoms with Crippen LogP contribution in [0.5, 0.6) is 0 Å². The lowest BCUT2D eigenvalue weighted by Crippen LogP contribution is -2.22. The number of amides is 1. The highest BCUT2D eigenvalue weighted by Gasteiger charge is 2.18. The molecule has 1 N–H and O–H groups in total. The quantitative estimate of drug-likeness (QED) is 0.600. The lowest BCUT2D eigenvalue weighted by atomic mass is 10.2. The van der Waals surface area contributed by atoms with Gasteiger partial charge in [-0.2, -0.15) is 0 Å². The van der Waals surface area contributed by atoms with E-state index in [-0.39, 0.29) is 11.2 Å². The maximum atomic E-state index is 12.4. The summed E-state index contributed by atoms with van der Waals surface area (Å²) in [5, 5.41) is 6.79. The standard InChI is InChI=1S/C16H14Cl2N4OS2/c1-9(25-16-19-5-6-22(16)2)14(23)21-15-20-13(8-24-15)11-4-3-10(17)7-12(11)18/h3-9H,1-2H3,(H,20,21,23). The van der Waals surface area contributed by atoms with Crippen molar-refractivity contribution in [2.24, 2.45) is 7.05 Å². The Morgan fingerprint density at radius 3 is 2.88 bits per heavy atom. The van der Waals surface area contributed by atoms with E-state index in [1.165, 1.54) is 23.1 Å². The van der Waals surface area contributed by atoms with Gasteiger partial charge in [0.15, 0.2) is 10.3 Å². The Labute approximate surface area is 163 Å². The van der Waals surface area contributed by atoms with Crippen molar-refractivity contribution in [1.29, 1.82) is 0 Å². The van der Waals surface area contributed by atoms with Gasteiger partial charge >= 0.3 is 0 Å². The van der Waals surface area contributed by atoms with Crippen LogP contribution in [0.4, 0.5) is 5.13 Å². The first-order valence-electron chi connectivity index (χ1n) is 7.30. The molecule has 1 aromatic carbocycles. The molecule has 2 heterocycles. The van der Waals surface area contributed by atoms with E-state index >= 15 is 0 Å². The van der Waals surface area contributed by atoms with Crippen LogP contribution in [0.1, 0.15) is 6.92 Å². The minimum Gasteiger partial charge on any atom is -0.329 e. The van der Waals surface area contributed by atoms with Crippen molar-refractivity contribution in [2.75, 3.05) is 5.32 Å². The lowest BCUT2D eigenvalue weighted by Gasteiger charge is -2.09. The van der Waals surface area contributed by atoms with Gasteiger partial charge in [0.1, 0.15) is 0 Å². The smallest absolute Gasteiger partial charge is 0.239 e. The second kappa shape index (κ2) is 7.78. The van der Waals surface area contributed by atoms with Crippen molar-refractivity contribution in [3.8, 4) is 11.3 Å². The van der Waals surface area contributed by atoms with Crippen molar-refractivity contribution >= 4 is 57.3 Å². The first kappa shape index (κ1) is 18.3. The Balaban J connectivity index is 1.68. The molecule has 0 saturated carbocycles. The Morgan fingerprint density at radius 1 is 1.40 bits per heavy atom. The number of nitrogens with one attached hydrogen (secondary N) is 1. The second-order valence-electron chi connectivity index (χ2n) is 5.23. The van der Waals surface area contributed by atoms with Crippen LogP contribution in [0.3, 0.4) is 0 Å². The number of rotatable bonds is 5. The number of hydrogen-bond acceptors (Lipinski definition) is 5. The fraction of sp³-hybridized carbons (Fsp3) is 0.188.